The van der Waals surface area contributed by atoms with Crippen LogP contribution in [0.15, 0.2) is 60.1 Å². The number of hydrogen-bond donors (Lipinski definition) is 3. The molecule has 1 aromatic carbocycles. The average molecular weight is 407 g/mol. The molecule has 0 radical (unpaired) electrons. The number of nitrogens with one attached hydrogen (secondary N) is 3. The Bertz CT molecular complexity index is 1010. The van der Waals surface area contributed by atoms with Crippen molar-refractivity contribution in [2.45, 2.75) is 26.3 Å². The summed E-state index contributed by atoms with van der Waals surface area (Å²) in [5, 5.41) is 7.63. The van der Waals surface area contributed by atoms with Crippen molar-refractivity contribution in [3.63, 3.8) is 0 Å². The zero-order valence-corrected chi connectivity index (χ0v) is 17.0. The molecule has 1 atom stereocenters. The zero-order chi connectivity index (χ0) is 21.3. The van der Waals surface area contributed by atoms with Crippen LogP contribution in [-0.2, 0) is 16.0 Å². The van der Waals surface area contributed by atoms with E-state index in [0.717, 1.165) is 22.0 Å². The van der Waals surface area contributed by atoms with Crippen LogP contribution in [0.2, 0.25) is 0 Å². The first-order valence-electron chi connectivity index (χ1n) is 9.74. The molecule has 0 saturated heterocycles. The van der Waals surface area contributed by atoms with Gasteiger partial charge in [0.1, 0.15) is 6.04 Å². The molecule has 0 aliphatic carbocycles. The lowest BCUT2D eigenvalue weighted by Gasteiger charge is -2.17. The van der Waals surface area contributed by atoms with Crippen LogP contribution in [0.1, 0.15) is 25.0 Å². The normalized spacial score (nSPS) is 12.2. The number of nitrogens with zero attached hydrogens (tertiary/aromatic N) is 2. The van der Waals surface area contributed by atoms with Crippen LogP contribution >= 0.6 is 0 Å². The summed E-state index contributed by atoms with van der Waals surface area (Å²) < 4.78 is 5.18. The van der Waals surface area contributed by atoms with E-state index in [1.54, 1.807) is 24.5 Å². The monoisotopic (exact) mass is 407 g/mol. The number of hydrogen-bond acceptors (Lipinski definition) is 5. The van der Waals surface area contributed by atoms with Crippen molar-refractivity contribution in [2.75, 3.05) is 6.61 Å². The third kappa shape index (κ3) is 5.91. The zero-order valence-electron chi connectivity index (χ0n) is 17.0. The van der Waals surface area contributed by atoms with E-state index < -0.39 is 18.0 Å². The first kappa shape index (κ1) is 21.0. The smallest absolute Gasteiger partial charge is 0.407 e. The molecule has 0 saturated carbocycles. The fourth-order valence-electron chi connectivity index (χ4n) is 2.85. The highest BCUT2D eigenvalue weighted by Gasteiger charge is 2.23. The molecule has 156 valence electrons. The van der Waals surface area contributed by atoms with Gasteiger partial charge in [-0.1, -0.05) is 32.0 Å². The maximum Gasteiger partial charge on any atom is 0.407 e. The molecule has 0 bridgehead atoms. The number of aromatic nitrogens is 2. The number of H-pyrrole nitrogens is 1. The maximum absolute atomic E-state index is 12.8. The summed E-state index contributed by atoms with van der Waals surface area (Å²) in [7, 11) is 0. The summed E-state index contributed by atoms with van der Waals surface area (Å²) in [5.41, 5.74) is 5.16. The Labute approximate surface area is 174 Å². The predicted octanol–water partition coefficient (Wildman–Crippen LogP) is 3.01. The van der Waals surface area contributed by atoms with Gasteiger partial charge in [0, 0.05) is 35.9 Å². The molecular weight excluding hydrogens is 382 g/mol. The summed E-state index contributed by atoms with van der Waals surface area (Å²) >= 11 is 0. The maximum atomic E-state index is 12.8. The fourth-order valence-corrected chi connectivity index (χ4v) is 2.85. The highest BCUT2D eigenvalue weighted by Crippen LogP contribution is 2.19. The van der Waals surface area contributed by atoms with Crippen LogP contribution in [0.3, 0.4) is 0 Å². The molecule has 0 spiro atoms. The van der Waals surface area contributed by atoms with Gasteiger partial charge in [-0.3, -0.25) is 9.78 Å². The lowest BCUT2D eigenvalue weighted by molar-refractivity contribution is -0.123. The van der Waals surface area contributed by atoms with Crippen molar-refractivity contribution < 1.29 is 14.3 Å². The quantitative estimate of drug-likeness (QED) is 0.394. The van der Waals surface area contributed by atoms with E-state index >= 15 is 0 Å². The van der Waals surface area contributed by atoms with Gasteiger partial charge < -0.3 is 15.0 Å². The molecule has 3 rings (SSSR count). The van der Waals surface area contributed by atoms with Crippen LogP contribution in [0.5, 0.6) is 0 Å². The highest BCUT2D eigenvalue weighted by atomic mass is 16.5. The van der Waals surface area contributed by atoms with E-state index in [1.165, 1.54) is 6.21 Å². The van der Waals surface area contributed by atoms with E-state index in [0.29, 0.717) is 0 Å². The number of hydrazone groups is 1. The lowest BCUT2D eigenvalue weighted by Crippen LogP contribution is -2.47. The van der Waals surface area contributed by atoms with Gasteiger partial charge in [-0.05, 0) is 35.2 Å². The van der Waals surface area contributed by atoms with Gasteiger partial charge in [-0.2, -0.15) is 5.10 Å². The highest BCUT2D eigenvalue weighted by molar-refractivity contribution is 5.89. The molecule has 0 unspecified atom stereocenters. The van der Waals surface area contributed by atoms with E-state index in [4.69, 9.17) is 4.74 Å². The number of para-hydroxylation sites is 1. The minimum Gasteiger partial charge on any atom is -0.449 e. The van der Waals surface area contributed by atoms with Gasteiger partial charge in [0.25, 0.3) is 5.91 Å². The molecule has 8 nitrogen and oxygen atoms in total. The Morgan fingerprint density at radius 3 is 2.73 bits per heavy atom. The predicted molar refractivity (Wildman–Crippen MR) is 115 cm³/mol. The number of carbonyl (C=O) groups excluding carboxylic acids is 2. The number of amides is 2. The van der Waals surface area contributed by atoms with Crippen LogP contribution in [0.4, 0.5) is 4.79 Å². The molecule has 30 heavy (non-hydrogen) atoms. The van der Waals surface area contributed by atoms with Gasteiger partial charge in [0.05, 0.1) is 12.8 Å². The van der Waals surface area contributed by atoms with Gasteiger partial charge in [-0.15, -0.1) is 0 Å². The largest absolute Gasteiger partial charge is 0.449 e. The summed E-state index contributed by atoms with van der Waals surface area (Å²) in [6, 6.07) is 10.5. The third-order valence-electron chi connectivity index (χ3n) is 4.35. The van der Waals surface area contributed by atoms with Crippen LogP contribution in [0, 0.1) is 5.92 Å². The molecule has 0 aliphatic heterocycles. The summed E-state index contributed by atoms with van der Waals surface area (Å²) in [4.78, 5) is 32.0. The summed E-state index contributed by atoms with van der Waals surface area (Å²) in [6.45, 7) is 4.15. The number of fused-ring (bicyclic) bond motifs is 1. The Balaban J connectivity index is 1.71. The standard InChI is InChI=1S/C22H25N5O3/c1-15(2)14-30-22(29)26-20(11-17-13-24-19-6-4-3-5-18(17)19)21(28)27-25-12-16-7-9-23-10-8-16/h3-10,12-13,15,20,24H,11,14H2,1-2H3,(H,26,29)(H,27,28)/t20-/m0/s1. The molecule has 2 aromatic heterocycles. The van der Waals surface area contributed by atoms with Gasteiger partial charge in [0.2, 0.25) is 0 Å². The molecule has 0 aliphatic rings. The third-order valence-corrected chi connectivity index (χ3v) is 4.35. The van der Waals surface area contributed by atoms with E-state index in [1.807, 2.05) is 44.3 Å². The van der Waals surface area contributed by atoms with E-state index in [2.05, 4.69) is 25.8 Å². The van der Waals surface area contributed by atoms with E-state index in [9.17, 15) is 9.59 Å². The Kier molecular flexibility index (Phi) is 7.15. The van der Waals surface area contributed by atoms with Crippen molar-refractivity contribution in [3.8, 4) is 0 Å². The second-order valence-electron chi connectivity index (χ2n) is 7.27. The summed E-state index contributed by atoms with van der Waals surface area (Å²) in [6.07, 6.45) is 6.27. The van der Waals surface area contributed by atoms with Crippen molar-refractivity contribution >= 4 is 29.1 Å². The van der Waals surface area contributed by atoms with Crippen LogP contribution < -0.4 is 10.7 Å². The molecule has 3 N–H and O–H groups in total. The number of aromatic amines is 1. The Morgan fingerprint density at radius 2 is 1.97 bits per heavy atom. The van der Waals surface area contributed by atoms with Gasteiger partial charge in [0.15, 0.2) is 0 Å². The fraction of sp³-hybridized carbons (Fsp3) is 0.273. The first-order valence-corrected chi connectivity index (χ1v) is 9.74. The van der Waals surface area contributed by atoms with Crippen molar-refractivity contribution in [3.05, 3.63) is 66.1 Å². The Hall–Kier alpha value is -3.68. The SMILES string of the molecule is CC(C)COC(=O)N[C@@H](Cc1c[nH]c2ccccc12)C(=O)NN=Cc1ccncc1. The topological polar surface area (TPSA) is 108 Å². The van der Waals surface area contributed by atoms with Crippen LogP contribution in [-0.4, -0.2) is 40.8 Å². The first-order chi connectivity index (χ1) is 14.5. The van der Waals surface area contributed by atoms with Crippen molar-refractivity contribution in [1.29, 1.82) is 0 Å². The Morgan fingerprint density at radius 1 is 1.20 bits per heavy atom. The average Bonchev–Trinajstić information content (AvgIpc) is 3.15. The second kappa shape index (κ2) is 10.2. The molecule has 2 heterocycles. The number of ether oxygens (including phenoxy) is 1. The number of pyridine rings is 1. The molecule has 8 heteroatoms. The van der Waals surface area contributed by atoms with Gasteiger partial charge in [-0.25, -0.2) is 10.2 Å². The second-order valence-corrected chi connectivity index (χ2v) is 7.27. The van der Waals surface area contributed by atoms with E-state index in [-0.39, 0.29) is 18.9 Å². The number of alkyl carbamates (subject to hydrolysis) is 1. The lowest BCUT2D eigenvalue weighted by atomic mass is 10.0. The number of carbonyl (C=O) groups is 2. The number of rotatable bonds is 8. The van der Waals surface area contributed by atoms with Crippen molar-refractivity contribution in [1.82, 2.24) is 20.7 Å². The molecule has 2 amide bonds. The minimum absolute atomic E-state index is 0.196. The van der Waals surface area contributed by atoms with Crippen LogP contribution in [0.25, 0.3) is 10.9 Å². The van der Waals surface area contributed by atoms with Gasteiger partial charge >= 0.3 is 6.09 Å². The minimum atomic E-state index is -0.849. The molecule has 0 fully saturated rings. The molecular formula is C22H25N5O3. The number of benzene rings is 1. The van der Waals surface area contributed by atoms with Crippen molar-refractivity contribution in [2.24, 2.45) is 11.0 Å². The molecule has 3 aromatic rings. The summed E-state index contributed by atoms with van der Waals surface area (Å²) in [5.74, 6) is -0.242.